The van der Waals surface area contributed by atoms with E-state index in [0.717, 1.165) is 28.2 Å². The predicted molar refractivity (Wildman–Crippen MR) is 75.9 cm³/mol. The summed E-state index contributed by atoms with van der Waals surface area (Å²) in [4.78, 5) is 1.62. The van der Waals surface area contributed by atoms with Crippen molar-refractivity contribution in [1.29, 1.82) is 0 Å². The lowest BCUT2D eigenvalue weighted by molar-refractivity contribution is -0.137. The molecule has 2 N–H and O–H groups in total. The Hall–Kier alpha value is -1.62. The Morgan fingerprint density at radius 3 is 2.15 bits per heavy atom. The van der Waals surface area contributed by atoms with Gasteiger partial charge in [0, 0.05) is 15.5 Å². The highest BCUT2D eigenvalue weighted by Gasteiger charge is 2.30. The van der Waals surface area contributed by atoms with Crippen LogP contribution in [0.3, 0.4) is 0 Å². The van der Waals surface area contributed by atoms with Crippen LogP contribution in [-0.4, -0.2) is 0 Å². The van der Waals surface area contributed by atoms with Crippen molar-refractivity contribution >= 4 is 17.4 Å². The molecule has 0 saturated heterocycles. The molecule has 0 aliphatic rings. The first-order chi connectivity index (χ1) is 9.27. The first kappa shape index (κ1) is 14.8. The number of nitrogen functional groups attached to an aromatic ring is 1. The molecule has 0 amide bonds. The van der Waals surface area contributed by atoms with Crippen LogP contribution in [0.1, 0.15) is 16.7 Å². The van der Waals surface area contributed by atoms with E-state index in [4.69, 9.17) is 5.73 Å². The van der Waals surface area contributed by atoms with E-state index in [2.05, 4.69) is 0 Å². The molecule has 0 aliphatic carbocycles. The standard InChI is InChI=1S/C15H14F3NS/c1-9-3-5-13(10(2)7-9)20-14-6-4-11(8-12(14)19)15(16,17)18/h3-8H,19H2,1-2H3. The summed E-state index contributed by atoms with van der Waals surface area (Å²) in [5, 5.41) is 0. The fourth-order valence-corrected chi connectivity index (χ4v) is 2.76. The molecule has 5 heteroatoms. The summed E-state index contributed by atoms with van der Waals surface area (Å²) in [6, 6.07) is 9.40. The minimum Gasteiger partial charge on any atom is -0.398 e. The topological polar surface area (TPSA) is 26.0 Å². The molecule has 0 atom stereocenters. The average Bonchev–Trinajstić information content (AvgIpc) is 2.33. The molecule has 0 spiro atoms. The zero-order chi connectivity index (χ0) is 14.9. The zero-order valence-electron chi connectivity index (χ0n) is 11.1. The van der Waals surface area contributed by atoms with E-state index in [0.29, 0.717) is 4.90 Å². The second kappa shape index (κ2) is 5.40. The van der Waals surface area contributed by atoms with Gasteiger partial charge in [-0.3, -0.25) is 0 Å². The Morgan fingerprint density at radius 1 is 0.950 bits per heavy atom. The van der Waals surface area contributed by atoms with Crippen LogP contribution in [0.5, 0.6) is 0 Å². The van der Waals surface area contributed by atoms with Gasteiger partial charge >= 0.3 is 6.18 Å². The van der Waals surface area contributed by atoms with Crippen LogP contribution in [-0.2, 0) is 6.18 Å². The summed E-state index contributed by atoms with van der Waals surface area (Å²) in [6.45, 7) is 3.96. The fourth-order valence-electron chi connectivity index (χ4n) is 1.85. The van der Waals surface area contributed by atoms with Crippen molar-refractivity contribution in [3.05, 3.63) is 53.1 Å². The van der Waals surface area contributed by atoms with Gasteiger partial charge in [-0.15, -0.1) is 0 Å². The van der Waals surface area contributed by atoms with Crippen molar-refractivity contribution in [2.45, 2.75) is 29.8 Å². The number of anilines is 1. The van der Waals surface area contributed by atoms with Crippen LogP contribution in [0.25, 0.3) is 0 Å². The molecule has 1 nitrogen and oxygen atoms in total. The van der Waals surface area contributed by atoms with Crippen LogP contribution < -0.4 is 5.73 Å². The Morgan fingerprint density at radius 2 is 1.60 bits per heavy atom. The van der Waals surface area contributed by atoms with Gasteiger partial charge in [-0.25, -0.2) is 0 Å². The van der Waals surface area contributed by atoms with Crippen LogP contribution in [0.4, 0.5) is 18.9 Å². The normalized spacial score (nSPS) is 11.7. The SMILES string of the molecule is Cc1ccc(Sc2ccc(C(F)(F)F)cc2N)c(C)c1. The van der Waals surface area contributed by atoms with Gasteiger partial charge in [0.25, 0.3) is 0 Å². The number of hydrogen-bond acceptors (Lipinski definition) is 2. The minimum atomic E-state index is -4.36. The fraction of sp³-hybridized carbons (Fsp3) is 0.200. The molecule has 0 aromatic heterocycles. The van der Waals surface area contributed by atoms with Gasteiger partial charge in [-0.1, -0.05) is 29.5 Å². The van der Waals surface area contributed by atoms with Crippen LogP contribution in [0.2, 0.25) is 0 Å². The van der Waals surface area contributed by atoms with Gasteiger partial charge in [0.1, 0.15) is 0 Å². The highest BCUT2D eigenvalue weighted by atomic mass is 32.2. The predicted octanol–water partition coefficient (Wildman–Crippen LogP) is 5.06. The van der Waals surface area contributed by atoms with E-state index in [9.17, 15) is 13.2 Å². The van der Waals surface area contributed by atoms with Crippen molar-refractivity contribution in [2.24, 2.45) is 0 Å². The minimum absolute atomic E-state index is 0.143. The second-order valence-corrected chi connectivity index (χ2v) is 5.71. The van der Waals surface area contributed by atoms with Crippen molar-refractivity contribution in [1.82, 2.24) is 0 Å². The molecule has 2 aromatic rings. The molecular weight excluding hydrogens is 283 g/mol. The Balaban J connectivity index is 2.30. The first-order valence-electron chi connectivity index (χ1n) is 5.99. The second-order valence-electron chi connectivity index (χ2n) is 4.62. The summed E-state index contributed by atoms with van der Waals surface area (Å²) in [7, 11) is 0. The van der Waals surface area contributed by atoms with Crippen LogP contribution in [0.15, 0.2) is 46.2 Å². The molecule has 0 radical (unpaired) electrons. The average molecular weight is 297 g/mol. The van der Waals surface area contributed by atoms with E-state index < -0.39 is 11.7 Å². The number of halogens is 3. The largest absolute Gasteiger partial charge is 0.416 e. The summed E-state index contributed by atoms with van der Waals surface area (Å²) in [5.41, 5.74) is 7.37. The zero-order valence-corrected chi connectivity index (χ0v) is 11.9. The van der Waals surface area contributed by atoms with E-state index in [1.165, 1.54) is 17.8 Å². The van der Waals surface area contributed by atoms with Gasteiger partial charge in [0.2, 0.25) is 0 Å². The molecule has 2 rings (SSSR count). The van der Waals surface area contributed by atoms with Gasteiger partial charge in [-0.2, -0.15) is 13.2 Å². The molecular formula is C15H14F3NS. The number of alkyl halides is 3. The van der Waals surface area contributed by atoms with Gasteiger partial charge in [-0.05, 0) is 43.7 Å². The number of aryl methyl sites for hydroxylation is 2. The molecule has 0 saturated carbocycles. The van der Waals surface area contributed by atoms with Crippen LogP contribution in [0, 0.1) is 13.8 Å². The van der Waals surface area contributed by atoms with Crippen molar-refractivity contribution in [2.75, 3.05) is 5.73 Å². The van der Waals surface area contributed by atoms with E-state index in [1.807, 2.05) is 32.0 Å². The lowest BCUT2D eigenvalue weighted by Gasteiger charge is -2.12. The maximum Gasteiger partial charge on any atom is 0.416 e. The lowest BCUT2D eigenvalue weighted by Crippen LogP contribution is -2.05. The smallest absolute Gasteiger partial charge is 0.398 e. The summed E-state index contributed by atoms with van der Waals surface area (Å²) < 4.78 is 37.7. The number of nitrogens with two attached hydrogens (primary N) is 1. The molecule has 0 heterocycles. The van der Waals surface area contributed by atoms with Crippen molar-refractivity contribution in [3.8, 4) is 0 Å². The number of hydrogen-bond donors (Lipinski definition) is 1. The highest BCUT2D eigenvalue weighted by Crippen LogP contribution is 2.38. The van der Waals surface area contributed by atoms with E-state index in [-0.39, 0.29) is 5.69 Å². The van der Waals surface area contributed by atoms with Gasteiger partial charge in [0.05, 0.1) is 5.56 Å². The number of rotatable bonds is 2. The Kier molecular flexibility index (Phi) is 3.99. The molecule has 20 heavy (non-hydrogen) atoms. The molecule has 106 valence electrons. The van der Waals surface area contributed by atoms with Crippen molar-refractivity contribution < 1.29 is 13.2 Å². The number of benzene rings is 2. The molecule has 0 unspecified atom stereocenters. The Labute approximate surface area is 120 Å². The molecule has 0 bridgehead atoms. The quantitative estimate of drug-likeness (QED) is 0.784. The molecule has 2 aromatic carbocycles. The molecule has 0 fully saturated rings. The van der Waals surface area contributed by atoms with E-state index >= 15 is 0 Å². The third-order valence-corrected chi connectivity index (χ3v) is 4.16. The monoisotopic (exact) mass is 297 g/mol. The first-order valence-corrected chi connectivity index (χ1v) is 6.81. The third kappa shape index (κ3) is 3.28. The van der Waals surface area contributed by atoms with Gasteiger partial charge in [0.15, 0.2) is 0 Å². The highest BCUT2D eigenvalue weighted by molar-refractivity contribution is 7.99. The third-order valence-electron chi connectivity index (χ3n) is 2.89. The Bertz CT molecular complexity index is 636. The van der Waals surface area contributed by atoms with Crippen LogP contribution >= 0.6 is 11.8 Å². The molecule has 0 aliphatic heterocycles. The van der Waals surface area contributed by atoms with E-state index in [1.54, 1.807) is 0 Å². The summed E-state index contributed by atoms with van der Waals surface area (Å²) >= 11 is 1.38. The maximum absolute atomic E-state index is 12.6. The summed E-state index contributed by atoms with van der Waals surface area (Å²) in [5.74, 6) is 0. The maximum atomic E-state index is 12.6. The van der Waals surface area contributed by atoms with Crippen molar-refractivity contribution in [3.63, 3.8) is 0 Å². The summed E-state index contributed by atoms with van der Waals surface area (Å²) in [6.07, 6.45) is -4.36. The lowest BCUT2D eigenvalue weighted by atomic mass is 10.2. The van der Waals surface area contributed by atoms with Gasteiger partial charge < -0.3 is 5.73 Å².